The van der Waals surface area contributed by atoms with E-state index in [4.69, 9.17) is 82.2 Å². The van der Waals surface area contributed by atoms with Gasteiger partial charge in [0.05, 0.1) is 12.0 Å². The zero-order chi connectivity index (χ0) is 44.5. The maximum absolute atomic E-state index is 13.1. The van der Waals surface area contributed by atoms with Gasteiger partial charge in [0.1, 0.15) is 50.3 Å². The van der Waals surface area contributed by atoms with Gasteiger partial charge in [0, 0.05) is 27.7 Å². The number of alkyl carbamates (subject to hydrolysis) is 1. The van der Waals surface area contributed by atoms with Gasteiger partial charge in [0.15, 0.2) is 30.9 Å². The van der Waals surface area contributed by atoms with Crippen LogP contribution in [0.5, 0.6) is 0 Å². The van der Waals surface area contributed by atoms with Crippen LogP contribution in [0.15, 0.2) is 42.5 Å². The van der Waals surface area contributed by atoms with Gasteiger partial charge < -0.3 is 57.8 Å². The zero-order valence-electron chi connectivity index (χ0n) is 33.8. The lowest BCUT2D eigenvalue weighted by atomic mass is 9.94. The summed E-state index contributed by atoms with van der Waals surface area (Å²) in [6.45, 7) is 7.06. The van der Waals surface area contributed by atoms with Crippen LogP contribution in [0.1, 0.15) is 54.0 Å². The highest BCUT2D eigenvalue weighted by Gasteiger charge is 2.56. The number of carbonyl (C=O) groups is 6. The number of carbonyl (C=O) groups excluding carboxylic acids is 6. The number of nitrogens with one attached hydrogen (secondary N) is 1. The van der Waals surface area contributed by atoms with E-state index in [-0.39, 0.29) is 6.61 Å². The average molecular weight is 909 g/mol. The summed E-state index contributed by atoms with van der Waals surface area (Å²) in [5.74, 6) is -4.12. The second-order valence-electron chi connectivity index (χ2n) is 14.9. The molecule has 2 fully saturated rings. The number of esters is 5. The van der Waals surface area contributed by atoms with Crippen LogP contribution in [0, 0.1) is 5.41 Å². The molecule has 2 heterocycles. The Morgan fingerprint density at radius 2 is 1.27 bits per heavy atom. The number of hydrogen-bond donors (Lipinski definition) is 2. The Kier molecular flexibility index (Phi) is 17.2. The van der Waals surface area contributed by atoms with Crippen LogP contribution in [0.25, 0.3) is 10.8 Å². The minimum Gasteiger partial charge on any atom is -0.463 e. The van der Waals surface area contributed by atoms with Crippen molar-refractivity contribution in [3.8, 4) is 0 Å². The van der Waals surface area contributed by atoms with Gasteiger partial charge in [0.2, 0.25) is 3.79 Å². The first-order chi connectivity index (χ1) is 28.0. The van der Waals surface area contributed by atoms with Crippen molar-refractivity contribution in [3.63, 3.8) is 0 Å². The number of alkyl halides is 3. The monoisotopic (exact) mass is 907 g/mol. The molecule has 1 amide bonds. The average Bonchev–Trinajstić information content (AvgIpc) is 3.14. The maximum Gasteiger partial charge on any atom is 0.407 e. The number of rotatable bonds is 14. The molecule has 332 valence electrons. The van der Waals surface area contributed by atoms with Crippen molar-refractivity contribution < 1.29 is 81.2 Å². The van der Waals surface area contributed by atoms with Crippen LogP contribution >= 0.6 is 34.8 Å². The van der Waals surface area contributed by atoms with Crippen LogP contribution in [0.4, 0.5) is 4.79 Å². The maximum atomic E-state index is 13.1. The molecule has 21 heteroatoms. The van der Waals surface area contributed by atoms with E-state index in [9.17, 15) is 33.9 Å². The fraction of sp³-hybridized carbons (Fsp3) is 0.590. The Hall–Kier alpha value is -4.01. The molecule has 2 aromatic rings. The van der Waals surface area contributed by atoms with Crippen molar-refractivity contribution >= 4 is 81.5 Å². The molecule has 0 aromatic heterocycles. The van der Waals surface area contributed by atoms with Gasteiger partial charge in [-0.3, -0.25) is 24.0 Å². The third-order valence-corrected chi connectivity index (χ3v) is 9.11. The third kappa shape index (κ3) is 14.3. The van der Waals surface area contributed by atoms with Crippen molar-refractivity contribution in [2.24, 2.45) is 5.41 Å². The SMILES string of the molecule is CC(=O)OC[C@H]1O[C@@H](O[C@H]2[C@H](O)[C@@H](NC(=O)OCC(Cl)(Cl)Cl)[C@H](OCc3ccc4ccccc4c3)O[C@@H]2COC(=O)C(C)(C)C)[C@H](OC(C)=O)[C@@H](OC(C)=O)[C@H]1OC(C)=O. The third-order valence-electron chi connectivity index (χ3n) is 8.78. The molecule has 60 heavy (non-hydrogen) atoms. The zero-order valence-corrected chi connectivity index (χ0v) is 36.0. The van der Waals surface area contributed by atoms with E-state index in [0.717, 1.165) is 38.5 Å². The molecule has 2 saturated heterocycles. The molecular formula is C39H48Cl3NO17. The quantitative estimate of drug-likeness (QED) is 0.155. The summed E-state index contributed by atoms with van der Waals surface area (Å²) in [6.07, 6.45) is -15.8. The first kappa shape index (κ1) is 48.7. The van der Waals surface area contributed by atoms with E-state index in [0.29, 0.717) is 5.56 Å². The topological polar surface area (TPSA) is 227 Å². The van der Waals surface area contributed by atoms with Gasteiger partial charge in [0.25, 0.3) is 0 Å². The van der Waals surface area contributed by atoms with Crippen molar-refractivity contribution in [3.05, 3.63) is 48.0 Å². The van der Waals surface area contributed by atoms with E-state index < -0.39 is 126 Å². The molecule has 2 aromatic carbocycles. The van der Waals surface area contributed by atoms with Gasteiger partial charge in [-0.15, -0.1) is 0 Å². The van der Waals surface area contributed by atoms with Crippen LogP contribution in [-0.2, 0) is 77.9 Å². The Morgan fingerprint density at radius 1 is 0.700 bits per heavy atom. The minimum atomic E-state index is -2.01. The van der Waals surface area contributed by atoms with Crippen molar-refractivity contribution in [2.75, 3.05) is 19.8 Å². The predicted molar refractivity (Wildman–Crippen MR) is 209 cm³/mol. The standard InChI is InChI=1S/C39H48Cl3NO17/c1-19(44)51-16-27-31(55-20(2)45)32(56-21(3)46)33(57-22(4)47)35(59-27)60-30-26(17-53-36(49)38(5,6)7)58-34(28(29(30)48)43-37(50)54-18-39(40,41)42)52-15-23-12-13-24-10-8-9-11-25(24)14-23/h8-14,26-35,48H,15-18H2,1-7H3,(H,43,50)/t26-,27-,28-,29-,30-,31+,32+,33-,34-,35+/m1/s1. The molecule has 0 spiro atoms. The minimum absolute atomic E-state index is 0.122. The summed E-state index contributed by atoms with van der Waals surface area (Å²) in [7, 11) is 0. The molecule has 0 saturated carbocycles. The highest BCUT2D eigenvalue weighted by Crippen LogP contribution is 2.35. The van der Waals surface area contributed by atoms with Crippen molar-refractivity contribution in [2.45, 2.75) is 120 Å². The number of benzene rings is 2. The van der Waals surface area contributed by atoms with Gasteiger partial charge in [-0.05, 0) is 43.2 Å². The number of aliphatic hydroxyl groups excluding tert-OH is 1. The Balaban J connectivity index is 1.77. The molecule has 10 atom stereocenters. The van der Waals surface area contributed by atoms with Gasteiger partial charge in [-0.1, -0.05) is 71.2 Å². The van der Waals surface area contributed by atoms with Gasteiger partial charge in [-0.2, -0.15) is 0 Å². The van der Waals surface area contributed by atoms with Crippen LogP contribution < -0.4 is 5.32 Å². The smallest absolute Gasteiger partial charge is 0.407 e. The second-order valence-corrected chi connectivity index (χ2v) is 17.4. The van der Waals surface area contributed by atoms with E-state index in [1.807, 2.05) is 36.4 Å². The Morgan fingerprint density at radius 3 is 1.87 bits per heavy atom. The van der Waals surface area contributed by atoms with Crippen molar-refractivity contribution in [1.29, 1.82) is 0 Å². The predicted octanol–water partition coefficient (Wildman–Crippen LogP) is 3.96. The Labute approximate surface area is 360 Å². The fourth-order valence-electron chi connectivity index (χ4n) is 6.18. The second kappa shape index (κ2) is 21.2. The number of halogens is 3. The van der Waals surface area contributed by atoms with Crippen LogP contribution in [0.3, 0.4) is 0 Å². The number of amides is 1. The number of ether oxygens (including phenoxy) is 10. The normalized spacial score (nSPS) is 26.9. The summed E-state index contributed by atoms with van der Waals surface area (Å²) in [6, 6.07) is 11.6. The molecule has 0 aliphatic carbocycles. The summed E-state index contributed by atoms with van der Waals surface area (Å²) >= 11 is 17.4. The number of aliphatic hydroxyl groups is 1. The summed E-state index contributed by atoms with van der Waals surface area (Å²) in [4.78, 5) is 75.3. The molecule has 0 radical (unpaired) electrons. The Bertz CT molecular complexity index is 1850. The molecule has 0 unspecified atom stereocenters. The fourth-order valence-corrected chi connectivity index (χ4v) is 6.34. The molecule has 4 rings (SSSR count). The molecule has 18 nitrogen and oxygen atoms in total. The van der Waals surface area contributed by atoms with E-state index >= 15 is 0 Å². The first-order valence-corrected chi connectivity index (χ1v) is 19.7. The lowest BCUT2D eigenvalue weighted by molar-refractivity contribution is -0.350. The van der Waals surface area contributed by atoms with E-state index in [1.54, 1.807) is 26.8 Å². The van der Waals surface area contributed by atoms with Crippen molar-refractivity contribution in [1.82, 2.24) is 5.32 Å². The van der Waals surface area contributed by atoms with E-state index in [2.05, 4.69) is 5.32 Å². The lowest BCUT2D eigenvalue weighted by Gasteiger charge is -2.48. The van der Waals surface area contributed by atoms with Gasteiger partial charge in [-0.25, -0.2) is 4.79 Å². The van der Waals surface area contributed by atoms with Crippen LogP contribution in [0.2, 0.25) is 0 Å². The molecular weight excluding hydrogens is 861 g/mol. The number of hydrogen-bond acceptors (Lipinski definition) is 17. The summed E-state index contributed by atoms with van der Waals surface area (Å²) < 4.78 is 55.2. The molecule has 2 aliphatic heterocycles. The lowest BCUT2D eigenvalue weighted by Crippen LogP contribution is -2.68. The molecule has 2 aliphatic rings. The summed E-state index contributed by atoms with van der Waals surface area (Å²) in [5.41, 5.74) is -0.318. The highest BCUT2D eigenvalue weighted by atomic mass is 35.6. The van der Waals surface area contributed by atoms with Gasteiger partial charge >= 0.3 is 35.9 Å². The first-order valence-electron chi connectivity index (χ1n) is 18.6. The van der Waals surface area contributed by atoms with Crippen LogP contribution in [-0.4, -0.2) is 126 Å². The summed E-state index contributed by atoms with van der Waals surface area (Å²) in [5, 5.41) is 16.5. The molecule has 0 bridgehead atoms. The number of fused-ring (bicyclic) bond motifs is 1. The highest BCUT2D eigenvalue weighted by molar-refractivity contribution is 6.67. The molecule has 2 N–H and O–H groups in total. The largest absolute Gasteiger partial charge is 0.463 e. The van der Waals surface area contributed by atoms with E-state index in [1.165, 1.54) is 0 Å².